The number of terminal acetylenes is 1. The molecule has 1 aliphatic rings. The van der Waals surface area contributed by atoms with Crippen molar-refractivity contribution < 1.29 is 4.79 Å². The Morgan fingerprint density at radius 2 is 2.33 bits per heavy atom. The largest absolute Gasteiger partial charge is 0.356 e. The molecule has 0 spiro atoms. The van der Waals surface area contributed by atoms with Gasteiger partial charge in [0, 0.05) is 13.0 Å². The fourth-order valence-corrected chi connectivity index (χ4v) is 0.565. The van der Waals surface area contributed by atoms with Crippen molar-refractivity contribution in [2.24, 2.45) is 0 Å². The van der Waals surface area contributed by atoms with Crippen LogP contribution in [0.1, 0.15) is 19.8 Å². The molecular weight excluding hydrogens is 114 g/mol. The fourth-order valence-electron chi connectivity index (χ4n) is 0.565. The minimum atomic E-state index is 0.204. The molecule has 0 unspecified atom stereocenters. The summed E-state index contributed by atoms with van der Waals surface area (Å²) in [5.41, 5.74) is 0. The molecule has 0 aromatic rings. The molecule has 0 bridgehead atoms. The Morgan fingerprint density at radius 3 is 2.44 bits per heavy atom. The maximum atomic E-state index is 10.1. The van der Waals surface area contributed by atoms with Gasteiger partial charge in [0.15, 0.2) is 0 Å². The number of nitrogens with one attached hydrogen (secondary N) is 1. The van der Waals surface area contributed by atoms with Gasteiger partial charge in [0.2, 0.25) is 5.91 Å². The van der Waals surface area contributed by atoms with Crippen molar-refractivity contribution in [3.05, 3.63) is 0 Å². The van der Waals surface area contributed by atoms with Crippen LogP contribution in [-0.4, -0.2) is 12.5 Å². The van der Waals surface area contributed by atoms with Gasteiger partial charge in [0.25, 0.3) is 0 Å². The van der Waals surface area contributed by atoms with E-state index in [0.29, 0.717) is 0 Å². The number of hydrogen-bond acceptors (Lipinski definition) is 1. The van der Waals surface area contributed by atoms with Crippen LogP contribution < -0.4 is 5.32 Å². The first-order chi connectivity index (χ1) is 4.31. The van der Waals surface area contributed by atoms with Gasteiger partial charge >= 0.3 is 0 Å². The molecule has 1 amide bonds. The topological polar surface area (TPSA) is 29.1 Å². The third-order valence-electron chi connectivity index (χ3n) is 0.903. The van der Waals surface area contributed by atoms with E-state index in [-0.39, 0.29) is 5.91 Å². The van der Waals surface area contributed by atoms with E-state index in [9.17, 15) is 4.79 Å². The fraction of sp³-hybridized carbons (Fsp3) is 0.571. The van der Waals surface area contributed by atoms with Gasteiger partial charge in [-0.1, -0.05) is 0 Å². The van der Waals surface area contributed by atoms with Crippen molar-refractivity contribution in [2.75, 3.05) is 6.54 Å². The lowest BCUT2D eigenvalue weighted by molar-refractivity contribution is -0.119. The van der Waals surface area contributed by atoms with Crippen molar-refractivity contribution in [3.63, 3.8) is 0 Å². The van der Waals surface area contributed by atoms with Gasteiger partial charge < -0.3 is 5.32 Å². The second-order valence-corrected chi connectivity index (χ2v) is 1.74. The van der Waals surface area contributed by atoms with Crippen LogP contribution in [0.2, 0.25) is 0 Å². The highest BCUT2D eigenvalue weighted by Crippen LogP contribution is 1.93. The van der Waals surface area contributed by atoms with E-state index in [1.54, 1.807) is 6.92 Å². The highest BCUT2D eigenvalue weighted by molar-refractivity contribution is 5.77. The van der Waals surface area contributed by atoms with Gasteiger partial charge in [-0.2, -0.15) is 0 Å². The molecule has 9 heavy (non-hydrogen) atoms. The Morgan fingerprint density at radius 1 is 1.78 bits per heavy atom. The second-order valence-electron chi connectivity index (χ2n) is 1.74. The second kappa shape index (κ2) is 5.17. The molecule has 1 N–H and O–H groups in total. The van der Waals surface area contributed by atoms with Crippen molar-refractivity contribution in [3.8, 4) is 12.3 Å². The molecular formula is C7H11NO. The van der Waals surface area contributed by atoms with Crippen LogP contribution >= 0.6 is 0 Å². The zero-order chi connectivity index (χ0) is 7.11. The molecule has 0 aliphatic carbocycles. The van der Waals surface area contributed by atoms with Crippen LogP contribution in [0.25, 0.3) is 0 Å². The Labute approximate surface area is 55.6 Å². The highest BCUT2D eigenvalue weighted by atomic mass is 16.1. The van der Waals surface area contributed by atoms with E-state index >= 15 is 0 Å². The number of amides is 1. The minimum absolute atomic E-state index is 0.204. The summed E-state index contributed by atoms with van der Waals surface area (Å²) in [4.78, 5) is 10.1. The molecule has 50 valence electrons. The third-order valence-corrected chi connectivity index (χ3v) is 0.903. The molecule has 0 atom stereocenters. The first kappa shape index (κ1) is 8.03. The van der Waals surface area contributed by atoms with Crippen LogP contribution in [0.5, 0.6) is 0 Å². The summed E-state index contributed by atoms with van der Waals surface area (Å²) in [6, 6.07) is 0. The SMILES string of the molecule is C#CC.O=C1CCCN1. The van der Waals surface area contributed by atoms with E-state index < -0.39 is 0 Å². The monoisotopic (exact) mass is 125 g/mol. The predicted octanol–water partition coefficient (Wildman–Crippen LogP) is 0.536. The molecule has 0 saturated carbocycles. The maximum Gasteiger partial charge on any atom is 0.220 e. The zero-order valence-corrected chi connectivity index (χ0v) is 5.61. The summed E-state index contributed by atoms with van der Waals surface area (Å²) in [6.07, 6.45) is 6.36. The first-order valence-corrected chi connectivity index (χ1v) is 2.95. The number of carbonyl (C=O) groups excluding carboxylic acids is 1. The van der Waals surface area contributed by atoms with Crippen LogP contribution in [0.4, 0.5) is 0 Å². The Balaban J connectivity index is 0.000000187. The Kier molecular flexibility index (Phi) is 4.61. The molecule has 1 saturated heterocycles. The van der Waals surface area contributed by atoms with Gasteiger partial charge in [-0.3, -0.25) is 4.79 Å². The molecule has 2 nitrogen and oxygen atoms in total. The molecule has 0 aromatic carbocycles. The van der Waals surface area contributed by atoms with E-state index in [2.05, 4.69) is 17.7 Å². The molecule has 1 heterocycles. The van der Waals surface area contributed by atoms with Crippen molar-refractivity contribution >= 4 is 5.91 Å². The average molecular weight is 125 g/mol. The lowest BCUT2D eigenvalue weighted by atomic mass is 10.4. The third kappa shape index (κ3) is 4.89. The van der Waals surface area contributed by atoms with Crippen molar-refractivity contribution in [1.29, 1.82) is 0 Å². The van der Waals surface area contributed by atoms with Crippen LogP contribution in [0.3, 0.4) is 0 Å². The van der Waals surface area contributed by atoms with Crippen LogP contribution in [0, 0.1) is 12.3 Å². The average Bonchev–Trinajstić information content (AvgIpc) is 2.20. The van der Waals surface area contributed by atoms with E-state index in [1.165, 1.54) is 0 Å². The highest BCUT2D eigenvalue weighted by Gasteiger charge is 2.05. The Bertz CT molecular complexity index is 115. The first-order valence-electron chi connectivity index (χ1n) is 2.95. The standard InChI is InChI=1S/C4H7NO.C3H4/c6-4-2-1-3-5-4;1-3-2/h1-3H2,(H,5,6);1H,2H3. The smallest absolute Gasteiger partial charge is 0.220 e. The van der Waals surface area contributed by atoms with Crippen LogP contribution in [0.15, 0.2) is 0 Å². The summed E-state index contributed by atoms with van der Waals surface area (Å²) in [5, 5.41) is 2.68. The summed E-state index contributed by atoms with van der Waals surface area (Å²) in [5.74, 6) is 2.45. The number of carbonyl (C=O) groups is 1. The zero-order valence-electron chi connectivity index (χ0n) is 5.61. The predicted molar refractivity (Wildman–Crippen MR) is 36.8 cm³/mol. The van der Waals surface area contributed by atoms with Crippen molar-refractivity contribution in [1.82, 2.24) is 5.32 Å². The van der Waals surface area contributed by atoms with Gasteiger partial charge in [-0.15, -0.1) is 12.3 Å². The summed E-state index contributed by atoms with van der Waals surface area (Å²) in [7, 11) is 0. The number of rotatable bonds is 0. The lowest BCUT2D eigenvalue weighted by Gasteiger charge is -1.80. The van der Waals surface area contributed by atoms with Gasteiger partial charge in [-0.25, -0.2) is 0 Å². The van der Waals surface area contributed by atoms with E-state index in [4.69, 9.17) is 0 Å². The minimum Gasteiger partial charge on any atom is -0.356 e. The molecule has 0 aromatic heterocycles. The summed E-state index contributed by atoms with van der Waals surface area (Å²) >= 11 is 0. The normalized spacial score (nSPS) is 14.9. The maximum absolute atomic E-state index is 10.1. The molecule has 0 radical (unpaired) electrons. The molecule has 1 aliphatic heterocycles. The quantitative estimate of drug-likeness (QED) is 0.470. The van der Waals surface area contributed by atoms with Crippen LogP contribution in [-0.2, 0) is 4.79 Å². The summed E-state index contributed by atoms with van der Waals surface area (Å²) in [6.45, 7) is 2.54. The van der Waals surface area contributed by atoms with Crippen molar-refractivity contribution in [2.45, 2.75) is 19.8 Å². The lowest BCUT2D eigenvalue weighted by Crippen LogP contribution is -2.12. The van der Waals surface area contributed by atoms with Gasteiger partial charge in [0.1, 0.15) is 0 Å². The van der Waals surface area contributed by atoms with E-state index in [0.717, 1.165) is 19.4 Å². The molecule has 1 fully saturated rings. The van der Waals surface area contributed by atoms with Gasteiger partial charge in [-0.05, 0) is 13.3 Å². The number of hydrogen-bond donors (Lipinski definition) is 1. The molecule has 1 rings (SSSR count). The summed E-state index contributed by atoms with van der Waals surface area (Å²) < 4.78 is 0. The van der Waals surface area contributed by atoms with Gasteiger partial charge in [0.05, 0.1) is 0 Å². The Hall–Kier alpha value is -0.970. The van der Waals surface area contributed by atoms with E-state index in [1.807, 2.05) is 0 Å². The molecule has 2 heteroatoms.